The van der Waals surface area contributed by atoms with E-state index in [4.69, 9.17) is 9.87 Å². The molecule has 1 heterocycles. The zero-order valence-corrected chi connectivity index (χ0v) is 33.8. The first kappa shape index (κ1) is 48.9. The van der Waals surface area contributed by atoms with Gasteiger partial charge in [-0.2, -0.15) is 0 Å². The van der Waals surface area contributed by atoms with Crippen molar-refractivity contribution in [3.8, 4) is 0 Å². The van der Waals surface area contributed by atoms with Gasteiger partial charge in [0.1, 0.15) is 13.1 Å². The van der Waals surface area contributed by atoms with E-state index in [1.165, 1.54) is 32.3 Å². The number of fused-ring (bicyclic) bond motifs is 1. The number of para-hydroxylation sites is 2. The first-order chi connectivity index (χ1) is 25.3. The molecule has 0 unspecified atom stereocenters. The third kappa shape index (κ3) is 20.8. The number of nitrogens with zero attached hydrogens (tertiary/aromatic N) is 3. The Balaban J connectivity index is 0.000000542. The van der Waals surface area contributed by atoms with Crippen LogP contribution in [-0.4, -0.2) is 22.2 Å². The van der Waals surface area contributed by atoms with Gasteiger partial charge in [0.15, 0.2) is 11.0 Å². The molecule has 0 fully saturated rings. The molecule has 21 heteroatoms. The van der Waals surface area contributed by atoms with Crippen LogP contribution in [0.1, 0.15) is 0 Å². The van der Waals surface area contributed by atoms with E-state index in [-0.39, 0.29) is 19.5 Å². The van der Waals surface area contributed by atoms with Crippen molar-refractivity contribution in [1.29, 1.82) is 0 Å². The van der Waals surface area contributed by atoms with Crippen molar-refractivity contribution >= 4 is 63.7 Å². The number of hydrogen-bond donors (Lipinski definition) is 0. The van der Waals surface area contributed by atoms with Crippen LogP contribution in [0.3, 0.4) is 0 Å². The van der Waals surface area contributed by atoms with Crippen molar-refractivity contribution in [1.82, 2.24) is 9.90 Å². The maximum absolute atomic E-state index is 10.7. The predicted octanol–water partition coefficient (Wildman–Crippen LogP) is 12.3. The number of rotatable bonds is 10. The molecule has 5 aromatic carbocycles. The van der Waals surface area contributed by atoms with Crippen molar-refractivity contribution in [2.45, 2.75) is 13.1 Å². The maximum Gasteiger partial charge on any atom is 0.198 e. The summed E-state index contributed by atoms with van der Waals surface area (Å²) < 4.78 is 130. The van der Waals surface area contributed by atoms with Gasteiger partial charge in [-0.15, -0.1) is 9.36 Å². The van der Waals surface area contributed by atoms with E-state index in [0.29, 0.717) is 0 Å². The van der Waals surface area contributed by atoms with Crippen LogP contribution in [0.4, 0.5) is 50.4 Å². The van der Waals surface area contributed by atoms with Crippen LogP contribution in [0.15, 0.2) is 146 Å². The summed E-state index contributed by atoms with van der Waals surface area (Å²) in [5.74, 6) is 0. The minimum Gasteiger partial charge on any atom is -0.129 e. The van der Waals surface area contributed by atoms with Crippen LogP contribution in [0.2, 0.25) is 0 Å². The number of halogens is 12. The maximum atomic E-state index is 9.87. The van der Waals surface area contributed by atoms with Crippen molar-refractivity contribution < 1.29 is 79.2 Å². The van der Waals surface area contributed by atoms with E-state index >= 15 is 0 Å². The molecule has 0 bridgehead atoms. The van der Waals surface area contributed by atoms with Gasteiger partial charge in [-0.3, -0.25) is 0 Å². The Labute approximate surface area is 329 Å². The Morgan fingerprint density at radius 2 is 0.768 bits per heavy atom. The van der Waals surface area contributed by atoms with E-state index in [1.807, 2.05) is 0 Å². The first-order valence-electron chi connectivity index (χ1n) is 15.7. The second kappa shape index (κ2) is 18.1. The fourth-order valence-corrected chi connectivity index (χ4v) is 9.63. The minimum absolute atomic E-state index is 0. The van der Waals surface area contributed by atoms with Crippen molar-refractivity contribution in [2.24, 2.45) is 0 Å². The Morgan fingerprint density at radius 1 is 0.482 bits per heavy atom. The van der Waals surface area contributed by atoms with Gasteiger partial charge in [-0.05, 0) is 49.2 Å². The second-order valence-electron chi connectivity index (χ2n) is 11.4. The summed E-state index contributed by atoms with van der Waals surface area (Å²) in [7, 11) is -22.2. The molecule has 0 aliphatic rings. The van der Waals surface area contributed by atoms with E-state index in [1.54, 1.807) is 0 Å². The van der Waals surface area contributed by atoms with E-state index in [2.05, 4.69) is 162 Å². The van der Waals surface area contributed by atoms with Gasteiger partial charge in [-0.25, -0.2) is 0 Å². The summed E-state index contributed by atoms with van der Waals surface area (Å²) in [4.78, 5) is 0. The van der Waals surface area contributed by atoms with Gasteiger partial charge in [0.05, 0.1) is 5.21 Å². The van der Waals surface area contributed by atoms with Gasteiger partial charge >= 0.3 is 77.3 Å². The van der Waals surface area contributed by atoms with Crippen LogP contribution in [0.5, 0.6) is 0 Å². The second-order valence-corrected chi connectivity index (χ2v) is 19.9. The van der Waals surface area contributed by atoms with E-state index in [0.717, 1.165) is 25.4 Å². The number of benzene rings is 5. The quantitative estimate of drug-likeness (QED) is 0.0337. The monoisotopic (exact) mass is 965 g/mol. The van der Waals surface area contributed by atoms with Crippen LogP contribution in [0.25, 0.3) is 11.0 Å². The number of aryl methyl sites for hydroxylation is 2. The molecular weight excluding hydrogens is 933 g/mol. The number of hydrogen-bond acceptors (Lipinski definition) is 1. The molecule has 6 rings (SSSR count). The van der Waals surface area contributed by atoms with Crippen molar-refractivity contribution in [2.75, 3.05) is 12.3 Å². The Hall–Kier alpha value is -3.26. The Morgan fingerprint density at radius 3 is 1.11 bits per heavy atom. The minimum atomic E-state index is -10.7. The van der Waals surface area contributed by atoms with Gasteiger partial charge in [0.25, 0.3) is 0 Å². The molecule has 0 saturated heterocycles. The van der Waals surface area contributed by atoms with Crippen LogP contribution < -0.4 is 25.9 Å². The topological polar surface area (TPSA) is 41.6 Å². The van der Waals surface area contributed by atoms with Crippen LogP contribution in [0, 0.1) is 6.65 Å². The summed E-state index contributed by atoms with van der Waals surface area (Å²) in [6.07, 6.45) is 2.10. The first-order valence-corrected chi connectivity index (χ1v) is 22.8. The molecule has 0 spiro atoms. The van der Waals surface area contributed by atoms with Crippen molar-refractivity contribution in [3.05, 3.63) is 152 Å². The summed E-state index contributed by atoms with van der Waals surface area (Å²) in [6, 6.07) is 52.5. The van der Waals surface area contributed by atoms with Gasteiger partial charge in [0, 0.05) is 31.8 Å². The molecule has 0 saturated carbocycles. The molecule has 0 aliphatic carbocycles. The summed E-state index contributed by atoms with van der Waals surface area (Å²) in [5, 5.41) is 10.8. The summed E-state index contributed by atoms with van der Waals surface area (Å²) in [6.45, 7) is 6.27. The zero-order valence-electron chi connectivity index (χ0n) is 28.6. The molecule has 6 aromatic rings. The summed E-state index contributed by atoms with van der Waals surface area (Å²) in [5.41, 5.74) is 2.41. The summed E-state index contributed by atoms with van der Waals surface area (Å²) >= 11 is 0. The van der Waals surface area contributed by atoms with Crippen LogP contribution >= 0.6 is 31.5 Å². The largest absolute Gasteiger partial charge is 0.198 e. The molecule has 0 aliphatic heterocycles. The van der Waals surface area contributed by atoms with Crippen molar-refractivity contribution in [3.63, 3.8) is 0 Å². The fraction of sp³-hybridized carbons (Fsp3) is 0.114. The smallest absolute Gasteiger partial charge is 0.129 e. The van der Waals surface area contributed by atoms with Gasteiger partial charge < -0.3 is 0 Å². The molecule has 0 N–H and O–H groups in total. The Bertz CT molecular complexity index is 1880. The van der Waals surface area contributed by atoms with Gasteiger partial charge in [-0.1, -0.05) is 133 Å². The third-order valence-corrected chi connectivity index (χ3v) is 12.0. The molecule has 1 aromatic heterocycles. The van der Waals surface area contributed by atoms with Crippen LogP contribution in [-0.2, 0) is 37.2 Å². The fourth-order valence-electron chi connectivity index (χ4n) is 5.09. The SMILES string of the molecule is F[P-](F)(F)(F)(F)F.F[P-](F)(F)(F)(F)F.[C-]#[O+].[Rh].c1ccc(P(CCn2n[n+](CCP(c3ccccc3)c3ccccc3)c3ccccc32)c2ccccc2)cc1. The van der Waals surface area contributed by atoms with E-state index in [9.17, 15) is 50.4 Å². The van der Waals surface area contributed by atoms with E-state index < -0.39 is 31.5 Å². The number of aromatic nitrogens is 3. The molecule has 56 heavy (non-hydrogen) atoms. The molecule has 307 valence electrons. The van der Waals surface area contributed by atoms with Gasteiger partial charge in [0.2, 0.25) is 0 Å². The normalized spacial score (nSPS) is 13.8. The molecule has 0 atom stereocenters. The molecule has 4 nitrogen and oxygen atoms in total. The predicted molar refractivity (Wildman–Crippen MR) is 199 cm³/mol. The molecule has 0 amide bonds. The zero-order chi connectivity index (χ0) is 41.1. The standard InChI is InChI=1S/C34H32N3P2.CO.2F6P.Rh/c1-5-15-29(16-6-1)38(30-17-7-2-8-18-30)27-25-36-33-23-13-14-24-34(33)37(35-36)26-28-39(31-19-9-3-10-20-31)32-21-11-4-12-22-32;1-2;2*1-7(2,3,4,5)6;/h1-24H,25-28H2;;;;/q+1;;2*-1;. The average molecular weight is 965 g/mol. The average Bonchev–Trinajstić information content (AvgIpc) is 3.46. The molecule has 1 radical (unpaired) electrons. The third-order valence-electron chi connectivity index (χ3n) is 7.00. The molecular formula is C35H32F12N3OP4Rh-. The Kier molecular flexibility index (Phi) is 15.8.